The Morgan fingerprint density at radius 2 is 1.88 bits per heavy atom. The summed E-state index contributed by atoms with van der Waals surface area (Å²) in [6.07, 6.45) is -0.390. The summed E-state index contributed by atoms with van der Waals surface area (Å²) in [6, 6.07) is 20.1. The van der Waals surface area contributed by atoms with E-state index in [-0.39, 0.29) is 18.2 Å². The normalized spacial score (nSPS) is 14.9. The Hall–Kier alpha value is -3.51. The van der Waals surface area contributed by atoms with Gasteiger partial charge < -0.3 is 19.7 Å². The third-order valence-electron chi connectivity index (χ3n) is 5.34. The summed E-state index contributed by atoms with van der Waals surface area (Å²) < 4.78 is 11.2. The fourth-order valence-corrected chi connectivity index (χ4v) is 3.90. The smallest absolute Gasteiger partial charge is 0.268 e. The van der Waals surface area contributed by atoms with Crippen molar-refractivity contribution in [3.05, 3.63) is 82.9 Å². The average molecular weight is 465 g/mol. The average Bonchev–Trinajstić information content (AvgIpc) is 2.80. The molecule has 0 saturated carbocycles. The number of anilines is 2. The number of benzene rings is 3. The van der Waals surface area contributed by atoms with Crippen molar-refractivity contribution >= 4 is 34.8 Å². The minimum absolute atomic E-state index is 0.159. The van der Waals surface area contributed by atoms with Crippen LogP contribution in [0.15, 0.2) is 66.7 Å². The lowest BCUT2D eigenvalue weighted by Crippen LogP contribution is -2.44. The zero-order chi connectivity index (χ0) is 23.4. The summed E-state index contributed by atoms with van der Waals surface area (Å²) >= 11 is 6.32. The third kappa shape index (κ3) is 5.29. The molecule has 1 heterocycles. The van der Waals surface area contributed by atoms with E-state index < -0.39 is 6.10 Å². The molecule has 0 spiro atoms. The molecular formula is C26H25ClN2O4. The number of nitrogens with zero attached hydrogens (tertiary/aromatic N) is 1. The van der Waals surface area contributed by atoms with E-state index in [2.05, 4.69) is 5.32 Å². The van der Waals surface area contributed by atoms with Gasteiger partial charge in [0.05, 0.1) is 25.3 Å². The van der Waals surface area contributed by atoms with Crippen molar-refractivity contribution in [2.24, 2.45) is 0 Å². The van der Waals surface area contributed by atoms with Crippen LogP contribution in [0.1, 0.15) is 25.0 Å². The van der Waals surface area contributed by atoms with Gasteiger partial charge >= 0.3 is 0 Å². The predicted molar refractivity (Wildman–Crippen MR) is 129 cm³/mol. The molecule has 3 aromatic rings. The summed E-state index contributed by atoms with van der Waals surface area (Å²) in [5.41, 5.74) is 2.88. The number of carbonyl (C=O) groups excluding carboxylic acids is 2. The molecule has 3 aromatic carbocycles. The molecule has 1 aliphatic heterocycles. The summed E-state index contributed by atoms with van der Waals surface area (Å²) in [7, 11) is 0. The van der Waals surface area contributed by atoms with Crippen LogP contribution in [0.5, 0.6) is 11.5 Å². The number of halogens is 1. The largest absolute Gasteiger partial charge is 0.494 e. The van der Waals surface area contributed by atoms with Gasteiger partial charge in [0.15, 0.2) is 6.10 Å². The fourth-order valence-electron chi connectivity index (χ4n) is 3.71. The zero-order valence-electron chi connectivity index (χ0n) is 18.5. The molecule has 0 fully saturated rings. The van der Waals surface area contributed by atoms with Gasteiger partial charge in [0.2, 0.25) is 5.91 Å². The number of carbonyl (C=O) groups is 2. The first kappa shape index (κ1) is 22.7. The maximum absolute atomic E-state index is 12.9. The van der Waals surface area contributed by atoms with Gasteiger partial charge in [-0.3, -0.25) is 9.59 Å². The summed E-state index contributed by atoms with van der Waals surface area (Å²) in [5, 5.41) is 3.50. The number of rotatable bonds is 7. The van der Waals surface area contributed by atoms with Crippen LogP contribution in [0, 0.1) is 0 Å². The number of fused-ring (bicyclic) bond motifs is 1. The lowest BCUT2D eigenvalue weighted by molar-refractivity contribution is -0.125. The van der Waals surface area contributed by atoms with Crippen LogP contribution in [-0.4, -0.2) is 24.5 Å². The lowest BCUT2D eigenvalue weighted by atomic mass is 10.1. The van der Waals surface area contributed by atoms with Crippen LogP contribution in [0.3, 0.4) is 0 Å². The van der Waals surface area contributed by atoms with E-state index in [9.17, 15) is 9.59 Å². The van der Waals surface area contributed by atoms with Crippen LogP contribution in [0.4, 0.5) is 11.4 Å². The fraction of sp³-hybridized carbons (Fsp3) is 0.231. The van der Waals surface area contributed by atoms with Crippen molar-refractivity contribution in [1.29, 1.82) is 0 Å². The first-order valence-corrected chi connectivity index (χ1v) is 11.2. The van der Waals surface area contributed by atoms with Gasteiger partial charge in [0.25, 0.3) is 5.91 Å². The Labute approximate surface area is 198 Å². The Balaban J connectivity index is 1.52. The number of amides is 2. The maximum atomic E-state index is 12.9. The Kier molecular flexibility index (Phi) is 6.84. The molecule has 0 saturated heterocycles. The Morgan fingerprint density at radius 3 is 2.61 bits per heavy atom. The summed E-state index contributed by atoms with van der Waals surface area (Å²) in [5.74, 6) is 1.03. The number of ether oxygens (including phenoxy) is 2. The second-order valence-electron chi connectivity index (χ2n) is 7.76. The van der Waals surface area contributed by atoms with Gasteiger partial charge in [-0.2, -0.15) is 0 Å². The topological polar surface area (TPSA) is 67.9 Å². The molecule has 1 atom stereocenters. The summed E-state index contributed by atoms with van der Waals surface area (Å²) in [6.45, 7) is 4.55. The van der Waals surface area contributed by atoms with E-state index in [0.29, 0.717) is 35.3 Å². The SMILES string of the molecule is CCOc1ccc(CC(=O)Nc2ccc3c(c2)N(Cc2ccccc2Cl)C(=O)C(C)O3)cc1. The van der Waals surface area contributed by atoms with Crippen molar-refractivity contribution in [3.8, 4) is 11.5 Å². The van der Waals surface area contributed by atoms with E-state index in [1.54, 1.807) is 36.1 Å². The summed E-state index contributed by atoms with van der Waals surface area (Å²) in [4.78, 5) is 27.2. The van der Waals surface area contributed by atoms with Crippen molar-refractivity contribution < 1.29 is 19.1 Å². The van der Waals surface area contributed by atoms with Gasteiger partial charge in [-0.15, -0.1) is 0 Å². The minimum Gasteiger partial charge on any atom is -0.494 e. The van der Waals surface area contributed by atoms with Gasteiger partial charge in [0.1, 0.15) is 11.5 Å². The van der Waals surface area contributed by atoms with Gasteiger partial charge in [-0.25, -0.2) is 0 Å². The molecule has 1 N–H and O–H groups in total. The van der Waals surface area contributed by atoms with Crippen LogP contribution < -0.4 is 19.7 Å². The van der Waals surface area contributed by atoms with Gasteiger partial charge in [-0.1, -0.05) is 41.9 Å². The highest BCUT2D eigenvalue weighted by molar-refractivity contribution is 6.31. The van der Waals surface area contributed by atoms with Crippen molar-refractivity contribution in [2.75, 3.05) is 16.8 Å². The highest BCUT2D eigenvalue weighted by Gasteiger charge is 2.32. The minimum atomic E-state index is -0.611. The van der Waals surface area contributed by atoms with E-state index in [1.165, 1.54) is 0 Å². The van der Waals surface area contributed by atoms with Gasteiger partial charge in [-0.05, 0) is 61.4 Å². The van der Waals surface area contributed by atoms with Crippen LogP contribution in [0.25, 0.3) is 0 Å². The first-order valence-electron chi connectivity index (χ1n) is 10.8. The molecule has 7 heteroatoms. The molecular weight excluding hydrogens is 440 g/mol. The molecule has 0 bridgehead atoms. The highest BCUT2D eigenvalue weighted by atomic mass is 35.5. The molecule has 170 valence electrons. The molecule has 0 radical (unpaired) electrons. The monoisotopic (exact) mass is 464 g/mol. The molecule has 4 rings (SSSR count). The molecule has 1 unspecified atom stereocenters. The van der Waals surface area contributed by atoms with Gasteiger partial charge in [0, 0.05) is 10.7 Å². The number of nitrogens with one attached hydrogen (secondary N) is 1. The molecule has 0 aromatic heterocycles. The number of hydrogen-bond acceptors (Lipinski definition) is 4. The molecule has 33 heavy (non-hydrogen) atoms. The Bertz CT molecular complexity index is 1160. The quantitative estimate of drug-likeness (QED) is 0.519. The lowest BCUT2D eigenvalue weighted by Gasteiger charge is -2.33. The standard InChI is InChI=1S/C26H25ClN2O4/c1-3-32-21-11-8-18(9-12-21)14-25(30)28-20-10-13-24-23(15-20)29(26(31)17(2)33-24)16-19-6-4-5-7-22(19)27/h4-13,15,17H,3,14,16H2,1-2H3,(H,28,30). The number of hydrogen-bond donors (Lipinski definition) is 1. The highest BCUT2D eigenvalue weighted by Crippen LogP contribution is 2.37. The maximum Gasteiger partial charge on any atom is 0.268 e. The molecule has 1 aliphatic rings. The zero-order valence-corrected chi connectivity index (χ0v) is 19.3. The van der Waals surface area contributed by atoms with E-state index >= 15 is 0 Å². The second kappa shape index (κ2) is 9.96. The second-order valence-corrected chi connectivity index (χ2v) is 8.17. The van der Waals surface area contributed by atoms with Crippen LogP contribution in [-0.2, 0) is 22.6 Å². The van der Waals surface area contributed by atoms with Crippen molar-refractivity contribution in [1.82, 2.24) is 0 Å². The first-order chi connectivity index (χ1) is 15.9. The molecule has 2 amide bonds. The van der Waals surface area contributed by atoms with Crippen molar-refractivity contribution in [2.45, 2.75) is 32.9 Å². The molecule has 0 aliphatic carbocycles. The van der Waals surface area contributed by atoms with E-state index in [1.807, 2.05) is 49.4 Å². The van der Waals surface area contributed by atoms with Crippen LogP contribution >= 0.6 is 11.6 Å². The van der Waals surface area contributed by atoms with E-state index in [4.69, 9.17) is 21.1 Å². The van der Waals surface area contributed by atoms with Crippen LogP contribution in [0.2, 0.25) is 5.02 Å². The Morgan fingerprint density at radius 1 is 1.12 bits per heavy atom. The van der Waals surface area contributed by atoms with Crippen molar-refractivity contribution in [3.63, 3.8) is 0 Å². The van der Waals surface area contributed by atoms with E-state index in [0.717, 1.165) is 16.9 Å². The molecule has 6 nitrogen and oxygen atoms in total. The predicted octanol–water partition coefficient (Wildman–Crippen LogP) is 5.23. The third-order valence-corrected chi connectivity index (χ3v) is 5.71.